The summed E-state index contributed by atoms with van der Waals surface area (Å²) in [5, 5.41) is 2.66. The first-order valence-corrected chi connectivity index (χ1v) is 3.81. The van der Waals surface area contributed by atoms with Gasteiger partial charge in [-0.3, -0.25) is 0 Å². The molecule has 2 fully saturated rings. The van der Waals surface area contributed by atoms with Crippen molar-refractivity contribution in [2.24, 2.45) is 5.92 Å². The molecule has 1 amide bonds. The molecule has 10 heavy (non-hydrogen) atoms. The van der Waals surface area contributed by atoms with Gasteiger partial charge in [-0.1, -0.05) is 6.42 Å². The minimum atomic E-state index is -0.239. The molecule has 3 nitrogen and oxygen atoms in total. The van der Waals surface area contributed by atoms with Gasteiger partial charge in [-0.05, 0) is 18.8 Å². The van der Waals surface area contributed by atoms with Gasteiger partial charge in [-0.2, -0.15) is 0 Å². The first-order valence-electron chi connectivity index (χ1n) is 3.81. The fourth-order valence-electron chi connectivity index (χ4n) is 1.48. The molecular weight excluding hydrogens is 130 g/mol. The minimum Gasteiger partial charge on any atom is -0.444 e. The van der Waals surface area contributed by atoms with Crippen LogP contribution in [0.4, 0.5) is 4.79 Å². The first kappa shape index (κ1) is 6.01. The van der Waals surface area contributed by atoms with Crippen LogP contribution in [0.3, 0.4) is 0 Å². The van der Waals surface area contributed by atoms with Crippen LogP contribution in [-0.4, -0.2) is 18.7 Å². The monoisotopic (exact) mass is 141 g/mol. The second-order valence-electron chi connectivity index (χ2n) is 3.02. The van der Waals surface area contributed by atoms with E-state index in [0.29, 0.717) is 5.92 Å². The lowest BCUT2D eigenvalue weighted by Gasteiger charge is -2.28. The van der Waals surface area contributed by atoms with E-state index < -0.39 is 0 Å². The molecule has 0 spiro atoms. The Labute approximate surface area is 59.7 Å². The molecule has 0 radical (unpaired) electrons. The summed E-state index contributed by atoms with van der Waals surface area (Å²) < 4.78 is 5.02. The highest BCUT2D eigenvalue weighted by Crippen LogP contribution is 2.32. The maximum atomic E-state index is 10.6. The van der Waals surface area contributed by atoms with E-state index in [1.807, 2.05) is 0 Å². The number of rotatable bonds is 1. The van der Waals surface area contributed by atoms with Crippen LogP contribution >= 0.6 is 0 Å². The van der Waals surface area contributed by atoms with Crippen LogP contribution in [0.2, 0.25) is 0 Å². The first-order chi connectivity index (χ1) is 4.86. The third-order valence-corrected chi connectivity index (χ3v) is 2.38. The highest BCUT2D eigenvalue weighted by atomic mass is 16.6. The molecule has 0 bridgehead atoms. The molecule has 0 aromatic rings. The smallest absolute Gasteiger partial charge is 0.407 e. The van der Waals surface area contributed by atoms with E-state index in [9.17, 15) is 4.79 Å². The molecule has 1 heterocycles. The average Bonchev–Trinajstić information content (AvgIpc) is 2.10. The maximum Gasteiger partial charge on any atom is 0.407 e. The number of alkyl carbamates (subject to hydrolysis) is 1. The Bertz CT molecular complexity index is 154. The van der Waals surface area contributed by atoms with Gasteiger partial charge in [0, 0.05) is 0 Å². The van der Waals surface area contributed by atoms with E-state index in [1.165, 1.54) is 19.3 Å². The zero-order chi connectivity index (χ0) is 6.97. The maximum absolute atomic E-state index is 10.6. The van der Waals surface area contributed by atoms with E-state index in [0.717, 1.165) is 6.54 Å². The SMILES string of the molecule is O=C1NCC(C2CCC2)O1. The lowest BCUT2D eigenvalue weighted by molar-refractivity contribution is 0.0717. The normalized spacial score (nSPS) is 32.8. The lowest BCUT2D eigenvalue weighted by atomic mass is 9.81. The summed E-state index contributed by atoms with van der Waals surface area (Å²) in [5.74, 6) is 0.652. The zero-order valence-electron chi connectivity index (χ0n) is 5.80. The van der Waals surface area contributed by atoms with Crippen molar-refractivity contribution in [3.8, 4) is 0 Å². The molecule has 1 aliphatic heterocycles. The van der Waals surface area contributed by atoms with Gasteiger partial charge in [0.2, 0.25) is 0 Å². The molecule has 2 aliphatic rings. The van der Waals surface area contributed by atoms with Gasteiger partial charge in [0.15, 0.2) is 0 Å². The quantitative estimate of drug-likeness (QED) is 0.589. The fraction of sp³-hybridized carbons (Fsp3) is 0.857. The summed E-state index contributed by atoms with van der Waals surface area (Å²) in [4.78, 5) is 10.6. The number of hydrogen-bond acceptors (Lipinski definition) is 2. The van der Waals surface area contributed by atoms with Crippen molar-refractivity contribution in [3.63, 3.8) is 0 Å². The third-order valence-electron chi connectivity index (χ3n) is 2.38. The highest BCUT2D eigenvalue weighted by Gasteiger charge is 2.33. The predicted octanol–water partition coefficient (Wildman–Crippen LogP) is 0.895. The Balaban J connectivity index is 1.88. The molecule has 3 heteroatoms. The molecule has 1 saturated carbocycles. The van der Waals surface area contributed by atoms with Crippen molar-refractivity contribution in [3.05, 3.63) is 0 Å². The number of amides is 1. The van der Waals surface area contributed by atoms with E-state index in [2.05, 4.69) is 5.32 Å². The second kappa shape index (κ2) is 2.15. The van der Waals surface area contributed by atoms with Gasteiger partial charge in [0.05, 0.1) is 6.54 Å². The summed E-state index contributed by atoms with van der Waals surface area (Å²) in [6, 6.07) is 0. The van der Waals surface area contributed by atoms with E-state index in [4.69, 9.17) is 4.74 Å². The Hall–Kier alpha value is -0.730. The largest absolute Gasteiger partial charge is 0.444 e. The molecular formula is C7H11NO2. The summed E-state index contributed by atoms with van der Waals surface area (Å²) in [6.07, 6.45) is 3.72. The number of ether oxygens (including phenoxy) is 1. The van der Waals surface area contributed by atoms with E-state index >= 15 is 0 Å². The molecule has 0 aromatic heterocycles. The van der Waals surface area contributed by atoms with Crippen molar-refractivity contribution in [2.45, 2.75) is 25.4 Å². The Morgan fingerprint density at radius 2 is 2.30 bits per heavy atom. The molecule has 56 valence electrons. The summed E-state index contributed by atoms with van der Waals surface area (Å²) in [7, 11) is 0. The Morgan fingerprint density at radius 1 is 1.50 bits per heavy atom. The summed E-state index contributed by atoms with van der Waals surface area (Å²) in [5.41, 5.74) is 0. The van der Waals surface area contributed by atoms with E-state index in [1.54, 1.807) is 0 Å². The number of carbonyl (C=O) groups excluding carboxylic acids is 1. The van der Waals surface area contributed by atoms with Crippen LogP contribution < -0.4 is 5.32 Å². The summed E-state index contributed by atoms with van der Waals surface area (Å²) >= 11 is 0. The fourth-order valence-corrected chi connectivity index (χ4v) is 1.48. The number of cyclic esters (lactones) is 1. The molecule has 2 rings (SSSR count). The van der Waals surface area contributed by atoms with Gasteiger partial charge >= 0.3 is 6.09 Å². The van der Waals surface area contributed by atoms with Crippen LogP contribution in [0.15, 0.2) is 0 Å². The van der Waals surface area contributed by atoms with Crippen LogP contribution in [-0.2, 0) is 4.74 Å². The molecule has 0 aromatic carbocycles. The van der Waals surface area contributed by atoms with Crippen molar-refractivity contribution in [2.75, 3.05) is 6.54 Å². The molecule has 1 unspecified atom stereocenters. The molecule has 1 atom stereocenters. The number of hydrogen-bond donors (Lipinski definition) is 1. The van der Waals surface area contributed by atoms with Gasteiger partial charge < -0.3 is 10.1 Å². The highest BCUT2D eigenvalue weighted by molar-refractivity contribution is 5.69. The Kier molecular flexibility index (Phi) is 1.29. The van der Waals surface area contributed by atoms with Crippen molar-refractivity contribution in [1.82, 2.24) is 5.32 Å². The van der Waals surface area contributed by atoms with Crippen LogP contribution in [0.1, 0.15) is 19.3 Å². The second-order valence-corrected chi connectivity index (χ2v) is 3.02. The van der Waals surface area contributed by atoms with E-state index in [-0.39, 0.29) is 12.2 Å². The predicted molar refractivity (Wildman–Crippen MR) is 35.6 cm³/mol. The zero-order valence-corrected chi connectivity index (χ0v) is 5.80. The van der Waals surface area contributed by atoms with Crippen molar-refractivity contribution < 1.29 is 9.53 Å². The van der Waals surface area contributed by atoms with Gasteiger partial charge in [0.1, 0.15) is 6.10 Å². The third kappa shape index (κ3) is 0.856. The topological polar surface area (TPSA) is 38.3 Å². The number of carbonyl (C=O) groups is 1. The average molecular weight is 141 g/mol. The molecule has 1 N–H and O–H groups in total. The van der Waals surface area contributed by atoms with Gasteiger partial charge in [0.25, 0.3) is 0 Å². The van der Waals surface area contributed by atoms with Crippen molar-refractivity contribution >= 4 is 6.09 Å². The summed E-state index contributed by atoms with van der Waals surface area (Å²) in [6.45, 7) is 0.726. The Morgan fingerprint density at radius 3 is 2.70 bits per heavy atom. The van der Waals surface area contributed by atoms with Gasteiger partial charge in [-0.25, -0.2) is 4.79 Å². The standard InChI is InChI=1S/C7H11NO2/c9-7-8-4-6(10-7)5-2-1-3-5/h5-6H,1-4H2,(H,8,9). The van der Waals surface area contributed by atoms with Gasteiger partial charge in [-0.15, -0.1) is 0 Å². The number of nitrogens with one attached hydrogen (secondary N) is 1. The van der Waals surface area contributed by atoms with Crippen LogP contribution in [0.5, 0.6) is 0 Å². The van der Waals surface area contributed by atoms with Crippen LogP contribution in [0.25, 0.3) is 0 Å². The lowest BCUT2D eigenvalue weighted by Crippen LogP contribution is -2.29. The van der Waals surface area contributed by atoms with Crippen molar-refractivity contribution in [1.29, 1.82) is 0 Å². The molecule has 1 saturated heterocycles. The molecule has 1 aliphatic carbocycles. The minimum absolute atomic E-state index is 0.182. The van der Waals surface area contributed by atoms with Crippen LogP contribution in [0, 0.1) is 5.92 Å².